The molecule has 0 radical (unpaired) electrons. The van der Waals surface area contributed by atoms with Gasteiger partial charge < -0.3 is 5.32 Å². The number of hydrogen-bond acceptors (Lipinski definition) is 4. The molecule has 8 heteroatoms. The summed E-state index contributed by atoms with van der Waals surface area (Å²) < 4.78 is 1.85. The number of amides is 1. The van der Waals surface area contributed by atoms with E-state index in [0.717, 1.165) is 11.3 Å². The van der Waals surface area contributed by atoms with Crippen molar-refractivity contribution in [2.75, 3.05) is 5.32 Å². The van der Waals surface area contributed by atoms with Crippen molar-refractivity contribution in [3.05, 3.63) is 64.4 Å². The highest BCUT2D eigenvalue weighted by Crippen LogP contribution is 2.31. The Morgan fingerprint density at radius 2 is 1.92 bits per heavy atom. The molecule has 0 fully saturated rings. The van der Waals surface area contributed by atoms with Gasteiger partial charge in [-0.2, -0.15) is 0 Å². The zero-order valence-corrected chi connectivity index (χ0v) is 15.6. The normalized spacial score (nSPS) is 10.7. The van der Waals surface area contributed by atoms with Crippen LogP contribution in [-0.2, 0) is 10.5 Å². The second kappa shape index (κ2) is 7.91. The topological polar surface area (TPSA) is 59.8 Å². The third kappa shape index (κ3) is 4.34. The molecule has 3 rings (SSSR count). The number of nitrogens with one attached hydrogen (secondary N) is 1. The van der Waals surface area contributed by atoms with Crippen LogP contribution in [0.5, 0.6) is 0 Å². The van der Waals surface area contributed by atoms with Crippen molar-refractivity contribution in [1.29, 1.82) is 0 Å². The first-order valence-electron chi connectivity index (χ1n) is 7.38. The first-order valence-corrected chi connectivity index (χ1v) is 9.12. The van der Waals surface area contributed by atoms with Crippen molar-refractivity contribution in [3.63, 3.8) is 0 Å². The largest absolute Gasteiger partial charge is 0.326 e. The summed E-state index contributed by atoms with van der Waals surface area (Å²) in [5.41, 5.74) is 2.42. The van der Waals surface area contributed by atoms with Crippen LogP contribution < -0.4 is 5.32 Å². The Hall–Kier alpha value is -2.02. The molecule has 0 saturated carbocycles. The minimum Gasteiger partial charge on any atom is -0.326 e. The maximum Gasteiger partial charge on any atom is 0.221 e. The fraction of sp³-hybridized carbons (Fsp3) is 0.118. The lowest BCUT2D eigenvalue weighted by Crippen LogP contribution is -2.06. The van der Waals surface area contributed by atoms with Crippen molar-refractivity contribution in [2.24, 2.45) is 0 Å². The van der Waals surface area contributed by atoms with Crippen LogP contribution in [0.25, 0.3) is 5.69 Å². The third-order valence-corrected chi connectivity index (χ3v) is 5.05. The summed E-state index contributed by atoms with van der Waals surface area (Å²) in [6.07, 6.45) is 1.63. The quantitative estimate of drug-likeness (QED) is 0.631. The third-order valence-electron chi connectivity index (χ3n) is 3.37. The van der Waals surface area contributed by atoms with E-state index in [0.29, 0.717) is 26.6 Å². The minimum absolute atomic E-state index is 0.121. The molecule has 0 atom stereocenters. The Kier molecular flexibility index (Phi) is 5.63. The molecule has 0 aliphatic rings. The van der Waals surface area contributed by atoms with Gasteiger partial charge in [-0.1, -0.05) is 47.1 Å². The van der Waals surface area contributed by atoms with Gasteiger partial charge in [-0.15, -0.1) is 10.2 Å². The second-order valence-electron chi connectivity index (χ2n) is 5.20. The summed E-state index contributed by atoms with van der Waals surface area (Å²) >= 11 is 13.9. The lowest BCUT2D eigenvalue weighted by atomic mass is 10.2. The van der Waals surface area contributed by atoms with Crippen LogP contribution in [0.3, 0.4) is 0 Å². The van der Waals surface area contributed by atoms with Crippen molar-refractivity contribution >= 4 is 46.6 Å². The van der Waals surface area contributed by atoms with E-state index in [4.69, 9.17) is 23.2 Å². The van der Waals surface area contributed by atoms with Gasteiger partial charge in [0.15, 0.2) is 5.16 Å². The predicted molar refractivity (Wildman–Crippen MR) is 102 cm³/mol. The zero-order valence-electron chi connectivity index (χ0n) is 13.2. The van der Waals surface area contributed by atoms with E-state index in [9.17, 15) is 4.79 Å². The molecule has 1 amide bonds. The van der Waals surface area contributed by atoms with Gasteiger partial charge in [-0.3, -0.25) is 9.36 Å². The van der Waals surface area contributed by atoms with E-state index in [1.807, 2.05) is 47.0 Å². The summed E-state index contributed by atoms with van der Waals surface area (Å²) in [5.74, 6) is 0.451. The Labute approximate surface area is 159 Å². The smallest absolute Gasteiger partial charge is 0.221 e. The van der Waals surface area contributed by atoms with Gasteiger partial charge >= 0.3 is 0 Å². The molecule has 1 N–H and O–H groups in total. The highest BCUT2D eigenvalue weighted by atomic mass is 35.5. The standard InChI is InChI=1S/C17H14Cl2N4OS/c1-11(24)21-12-4-2-5-13(8-12)23-10-20-22-17(23)25-9-14-15(18)6-3-7-16(14)19/h2-8,10H,9H2,1H3,(H,21,24). The first-order chi connectivity index (χ1) is 12.0. The van der Waals surface area contributed by atoms with Crippen LogP contribution in [0.2, 0.25) is 10.0 Å². The molecular formula is C17H14Cl2N4OS. The monoisotopic (exact) mass is 392 g/mol. The molecule has 0 aliphatic heterocycles. The highest BCUT2D eigenvalue weighted by molar-refractivity contribution is 7.98. The maximum atomic E-state index is 11.2. The lowest BCUT2D eigenvalue weighted by Gasteiger charge is -2.10. The minimum atomic E-state index is -0.121. The molecule has 0 aliphatic carbocycles. The van der Waals surface area contributed by atoms with Gasteiger partial charge in [-0.05, 0) is 35.9 Å². The summed E-state index contributed by atoms with van der Waals surface area (Å²) in [5, 5.41) is 12.9. The number of hydrogen-bond donors (Lipinski definition) is 1. The van der Waals surface area contributed by atoms with E-state index >= 15 is 0 Å². The Bertz CT molecular complexity index is 893. The number of anilines is 1. The molecule has 5 nitrogen and oxygen atoms in total. The number of rotatable bonds is 5. The van der Waals surface area contributed by atoms with Crippen LogP contribution in [0.15, 0.2) is 53.9 Å². The molecule has 1 heterocycles. The molecule has 1 aromatic heterocycles. The fourth-order valence-corrected chi connectivity index (χ4v) is 3.91. The molecular weight excluding hydrogens is 379 g/mol. The molecule has 0 saturated heterocycles. The molecule has 2 aromatic carbocycles. The number of carbonyl (C=O) groups is 1. The van der Waals surface area contributed by atoms with Crippen molar-refractivity contribution in [1.82, 2.24) is 14.8 Å². The number of nitrogens with zero attached hydrogens (tertiary/aromatic N) is 3. The van der Waals surface area contributed by atoms with E-state index in [1.165, 1.54) is 18.7 Å². The zero-order chi connectivity index (χ0) is 17.8. The summed E-state index contributed by atoms with van der Waals surface area (Å²) in [6.45, 7) is 1.47. The van der Waals surface area contributed by atoms with Crippen LogP contribution in [0, 0.1) is 0 Å². The van der Waals surface area contributed by atoms with Crippen LogP contribution in [-0.4, -0.2) is 20.7 Å². The van der Waals surface area contributed by atoms with Crippen LogP contribution >= 0.6 is 35.0 Å². The van der Waals surface area contributed by atoms with Gasteiger partial charge in [0, 0.05) is 28.4 Å². The Balaban J connectivity index is 1.82. The van der Waals surface area contributed by atoms with Gasteiger partial charge in [0.05, 0.1) is 5.69 Å². The molecule has 0 spiro atoms. The number of benzene rings is 2. The summed E-state index contributed by atoms with van der Waals surface area (Å²) in [6, 6.07) is 12.9. The number of halogens is 2. The predicted octanol–water partition coefficient (Wildman–Crippen LogP) is 4.82. The van der Waals surface area contributed by atoms with E-state index in [2.05, 4.69) is 15.5 Å². The van der Waals surface area contributed by atoms with Gasteiger partial charge in [-0.25, -0.2) is 0 Å². The van der Waals surface area contributed by atoms with Gasteiger partial charge in [0.2, 0.25) is 5.91 Å². The van der Waals surface area contributed by atoms with Crippen LogP contribution in [0.1, 0.15) is 12.5 Å². The van der Waals surface area contributed by atoms with E-state index in [-0.39, 0.29) is 5.91 Å². The number of aromatic nitrogens is 3. The van der Waals surface area contributed by atoms with Crippen molar-refractivity contribution in [3.8, 4) is 5.69 Å². The van der Waals surface area contributed by atoms with Gasteiger partial charge in [0.25, 0.3) is 0 Å². The number of thioether (sulfide) groups is 1. The molecule has 128 valence electrons. The molecule has 3 aromatic rings. The molecule has 25 heavy (non-hydrogen) atoms. The summed E-state index contributed by atoms with van der Waals surface area (Å²) in [7, 11) is 0. The first kappa shape index (κ1) is 17.8. The van der Waals surface area contributed by atoms with E-state index in [1.54, 1.807) is 6.33 Å². The molecule has 0 bridgehead atoms. The maximum absolute atomic E-state index is 11.2. The average molecular weight is 393 g/mol. The lowest BCUT2D eigenvalue weighted by molar-refractivity contribution is -0.114. The summed E-state index contributed by atoms with van der Waals surface area (Å²) in [4.78, 5) is 11.2. The Morgan fingerprint density at radius 3 is 2.64 bits per heavy atom. The average Bonchev–Trinajstić information content (AvgIpc) is 3.02. The molecule has 0 unspecified atom stereocenters. The van der Waals surface area contributed by atoms with Crippen molar-refractivity contribution < 1.29 is 4.79 Å². The highest BCUT2D eigenvalue weighted by Gasteiger charge is 2.11. The van der Waals surface area contributed by atoms with Crippen LogP contribution in [0.4, 0.5) is 5.69 Å². The van der Waals surface area contributed by atoms with E-state index < -0.39 is 0 Å². The second-order valence-corrected chi connectivity index (χ2v) is 6.96. The van der Waals surface area contributed by atoms with Crippen molar-refractivity contribution in [2.45, 2.75) is 17.8 Å². The SMILES string of the molecule is CC(=O)Nc1cccc(-n2cnnc2SCc2c(Cl)cccc2Cl)c1. The fourth-order valence-electron chi connectivity index (χ4n) is 2.24. The number of carbonyl (C=O) groups excluding carboxylic acids is 1. The Morgan fingerprint density at radius 1 is 1.20 bits per heavy atom. The van der Waals surface area contributed by atoms with Gasteiger partial charge in [0.1, 0.15) is 6.33 Å².